The Labute approximate surface area is 200 Å². The fraction of sp³-hybridized carbons (Fsp3) is 0.550. The van der Waals surface area contributed by atoms with E-state index in [1.807, 2.05) is 0 Å². The third-order valence-electron chi connectivity index (χ3n) is 4.53. The van der Waals surface area contributed by atoms with Gasteiger partial charge in [0.15, 0.2) is 0 Å². The van der Waals surface area contributed by atoms with Gasteiger partial charge in [0, 0.05) is 25.1 Å². The van der Waals surface area contributed by atoms with E-state index >= 15 is 0 Å². The molecule has 2 atom stereocenters. The van der Waals surface area contributed by atoms with E-state index in [0.717, 1.165) is 17.1 Å². The quantitative estimate of drug-likeness (QED) is 0.0733. The van der Waals surface area contributed by atoms with Crippen molar-refractivity contribution in [2.45, 2.75) is 32.4 Å². The van der Waals surface area contributed by atoms with Crippen LogP contribution in [0.15, 0.2) is 12.2 Å². The molecule has 0 saturated carbocycles. The van der Waals surface area contributed by atoms with Crippen LogP contribution in [0.4, 0.5) is 0 Å². The summed E-state index contributed by atoms with van der Waals surface area (Å²) in [7, 11) is 0. The summed E-state index contributed by atoms with van der Waals surface area (Å²) in [4.78, 5) is 82.8. The standard InChI is InChI=1S/C20H29N5O10/c1-11(2)18(20(34)23-12(8-26)19(33)22-10-35-9-17(31)32)24-13(27)5-6-21-14(28)7-25-15(29)3-4-16(25)30/h3-4,11-12,18,26H,5-10H2,1-2H3,(H,21,28)(H,22,33)(H,23,34)(H,24,27)(H,31,32)/t12-,18+/m0/s1. The van der Waals surface area contributed by atoms with Gasteiger partial charge in [0.1, 0.15) is 32.0 Å². The summed E-state index contributed by atoms with van der Waals surface area (Å²) in [5, 5.41) is 27.2. The van der Waals surface area contributed by atoms with Gasteiger partial charge < -0.3 is 36.2 Å². The molecule has 1 heterocycles. The molecule has 6 amide bonds. The number of ether oxygens (including phenoxy) is 1. The van der Waals surface area contributed by atoms with Crippen LogP contribution in [-0.4, -0.2) is 102 Å². The lowest BCUT2D eigenvalue weighted by Crippen LogP contribution is -2.56. The van der Waals surface area contributed by atoms with Crippen molar-refractivity contribution in [1.82, 2.24) is 26.2 Å². The Morgan fingerprint density at radius 1 is 0.971 bits per heavy atom. The zero-order valence-corrected chi connectivity index (χ0v) is 19.2. The molecule has 0 bridgehead atoms. The van der Waals surface area contributed by atoms with Crippen molar-refractivity contribution in [1.29, 1.82) is 0 Å². The molecule has 0 saturated heterocycles. The van der Waals surface area contributed by atoms with Crippen LogP contribution in [0.2, 0.25) is 0 Å². The highest BCUT2D eigenvalue weighted by molar-refractivity contribution is 6.14. The molecule has 6 N–H and O–H groups in total. The highest BCUT2D eigenvalue weighted by Crippen LogP contribution is 2.04. The molecule has 35 heavy (non-hydrogen) atoms. The van der Waals surface area contributed by atoms with E-state index < -0.39 is 85.9 Å². The average molecular weight is 499 g/mol. The number of imide groups is 1. The predicted octanol–water partition coefficient (Wildman–Crippen LogP) is -3.79. The second-order valence-corrected chi connectivity index (χ2v) is 7.66. The lowest BCUT2D eigenvalue weighted by atomic mass is 10.0. The van der Waals surface area contributed by atoms with Crippen molar-refractivity contribution >= 4 is 41.4 Å². The van der Waals surface area contributed by atoms with Crippen LogP contribution in [0.5, 0.6) is 0 Å². The van der Waals surface area contributed by atoms with Crippen molar-refractivity contribution in [3.8, 4) is 0 Å². The number of nitrogens with zero attached hydrogens (tertiary/aromatic N) is 1. The topological polar surface area (TPSA) is 221 Å². The monoisotopic (exact) mass is 499 g/mol. The largest absolute Gasteiger partial charge is 0.480 e. The van der Waals surface area contributed by atoms with Gasteiger partial charge in [-0.05, 0) is 5.92 Å². The Hall–Kier alpha value is -3.85. The number of aliphatic hydroxyl groups is 1. The van der Waals surface area contributed by atoms with Gasteiger partial charge in [-0.3, -0.25) is 33.7 Å². The van der Waals surface area contributed by atoms with Crippen molar-refractivity contribution in [2.24, 2.45) is 5.92 Å². The van der Waals surface area contributed by atoms with Crippen molar-refractivity contribution < 1.29 is 48.5 Å². The maximum absolute atomic E-state index is 12.6. The van der Waals surface area contributed by atoms with Crippen LogP contribution in [0.3, 0.4) is 0 Å². The van der Waals surface area contributed by atoms with Crippen molar-refractivity contribution in [2.75, 3.05) is 33.0 Å². The summed E-state index contributed by atoms with van der Waals surface area (Å²) in [6.45, 7) is 0.789. The van der Waals surface area contributed by atoms with E-state index in [1.54, 1.807) is 13.8 Å². The summed E-state index contributed by atoms with van der Waals surface area (Å²) < 4.78 is 4.65. The SMILES string of the molecule is CC(C)[C@@H](NC(=O)CCNC(=O)CN1C(=O)C=CC1=O)C(=O)N[C@@H](CO)C(=O)NCOCC(=O)O. The zero-order chi connectivity index (χ0) is 26.5. The van der Waals surface area contributed by atoms with Crippen LogP contribution in [0.1, 0.15) is 20.3 Å². The maximum Gasteiger partial charge on any atom is 0.329 e. The fourth-order valence-corrected chi connectivity index (χ4v) is 2.72. The molecular formula is C20H29N5O10. The molecule has 0 fully saturated rings. The third-order valence-corrected chi connectivity index (χ3v) is 4.53. The number of carbonyl (C=O) groups is 7. The number of hydrogen-bond donors (Lipinski definition) is 6. The molecule has 1 rings (SSSR count). The van der Waals surface area contributed by atoms with Crippen molar-refractivity contribution in [3.63, 3.8) is 0 Å². The van der Waals surface area contributed by atoms with Gasteiger partial charge in [-0.25, -0.2) is 4.79 Å². The van der Waals surface area contributed by atoms with Gasteiger partial charge in [0.05, 0.1) is 6.61 Å². The Bertz CT molecular complexity index is 854. The Morgan fingerprint density at radius 3 is 2.14 bits per heavy atom. The van der Waals surface area contributed by atoms with Gasteiger partial charge >= 0.3 is 5.97 Å². The zero-order valence-electron chi connectivity index (χ0n) is 19.2. The highest BCUT2D eigenvalue weighted by Gasteiger charge is 2.29. The molecule has 0 aromatic heterocycles. The molecule has 0 aliphatic carbocycles. The normalized spacial score (nSPS) is 14.5. The fourth-order valence-electron chi connectivity index (χ4n) is 2.72. The summed E-state index contributed by atoms with van der Waals surface area (Å²) in [5.74, 6) is -5.70. The minimum Gasteiger partial charge on any atom is -0.480 e. The first-order valence-electron chi connectivity index (χ1n) is 10.5. The van der Waals surface area contributed by atoms with E-state index in [0.29, 0.717) is 0 Å². The molecule has 1 aliphatic heterocycles. The van der Waals surface area contributed by atoms with Gasteiger partial charge in [0.2, 0.25) is 23.6 Å². The molecule has 0 radical (unpaired) electrons. The minimum atomic E-state index is -1.38. The van der Waals surface area contributed by atoms with Crippen molar-refractivity contribution in [3.05, 3.63) is 12.2 Å². The van der Waals surface area contributed by atoms with Gasteiger partial charge in [0.25, 0.3) is 11.8 Å². The number of hydrogen-bond acceptors (Lipinski definition) is 9. The van der Waals surface area contributed by atoms with Crippen LogP contribution < -0.4 is 21.3 Å². The second-order valence-electron chi connectivity index (χ2n) is 7.66. The number of carbonyl (C=O) groups excluding carboxylic acids is 6. The molecule has 0 unspecified atom stereocenters. The van der Waals surface area contributed by atoms with E-state index in [-0.39, 0.29) is 13.0 Å². The second kappa shape index (κ2) is 14.4. The number of rotatable bonds is 15. The minimum absolute atomic E-state index is 0.126. The lowest BCUT2D eigenvalue weighted by Gasteiger charge is -2.24. The summed E-state index contributed by atoms with van der Waals surface area (Å²) in [6, 6.07) is -2.45. The van der Waals surface area contributed by atoms with Crippen LogP contribution >= 0.6 is 0 Å². The number of carboxylic acids is 1. The number of carboxylic acid groups (broad SMARTS) is 1. The van der Waals surface area contributed by atoms with Crippen LogP contribution in [-0.2, 0) is 38.3 Å². The molecule has 0 aromatic carbocycles. The highest BCUT2D eigenvalue weighted by atomic mass is 16.5. The van der Waals surface area contributed by atoms with E-state index in [2.05, 4.69) is 26.0 Å². The number of amides is 6. The molecule has 15 heteroatoms. The molecule has 15 nitrogen and oxygen atoms in total. The first-order chi connectivity index (χ1) is 16.5. The lowest BCUT2D eigenvalue weighted by molar-refractivity contribution is -0.143. The van der Waals surface area contributed by atoms with E-state index in [4.69, 9.17) is 5.11 Å². The Kier molecular flexibility index (Phi) is 12.0. The third kappa shape index (κ3) is 10.3. The molecule has 1 aliphatic rings. The predicted molar refractivity (Wildman–Crippen MR) is 116 cm³/mol. The maximum atomic E-state index is 12.6. The first kappa shape index (κ1) is 29.2. The average Bonchev–Trinajstić information content (AvgIpc) is 3.09. The van der Waals surface area contributed by atoms with Gasteiger partial charge in [-0.2, -0.15) is 0 Å². The molecular weight excluding hydrogens is 470 g/mol. The summed E-state index contributed by atoms with van der Waals surface area (Å²) in [6.07, 6.45) is 1.87. The van der Waals surface area contributed by atoms with Crippen LogP contribution in [0, 0.1) is 5.92 Å². The Morgan fingerprint density at radius 2 is 1.60 bits per heavy atom. The Balaban J connectivity index is 2.49. The van der Waals surface area contributed by atoms with Gasteiger partial charge in [-0.15, -0.1) is 0 Å². The summed E-state index contributed by atoms with van der Waals surface area (Å²) >= 11 is 0. The number of nitrogens with one attached hydrogen (secondary N) is 4. The summed E-state index contributed by atoms with van der Waals surface area (Å²) in [5.41, 5.74) is 0. The number of aliphatic carboxylic acids is 1. The van der Waals surface area contributed by atoms with Crippen LogP contribution in [0.25, 0.3) is 0 Å². The van der Waals surface area contributed by atoms with Gasteiger partial charge in [-0.1, -0.05) is 13.8 Å². The van der Waals surface area contributed by atoms with E-state index in [9.17, 15) is 38.7 Å². The van der Waals surface area contributed by atoms with E-state index in [1.165, 1.54) is 0 Å². The number of aliphatic hydroxyl groups excluding tert-OH is 1. The molecule has 0 spiro atoms. The smallest absolute Gasteiger partial charge is 0.329 e. The first-order valence-corrected chi connectivity index (χ1v) is 10.5. The molecule has 0 aromatic rings. The molecule has 194 valence electrons.